The molecule has 1 aromatic carbocycles. The van der Waals surface area contributed by atoms with Gasteiger partial charge in [-0.05, 0) is 35.0 Å². The van der Waals surface area contributed by atoms with E-state index in [1.807, 2.05) is 0 Å². The Morgan fingerprint density at radius 3 is 2.53 bits per heavy atom. The molecule has 2 aromatic rings. The van der Waals surface area contributed by atoms with Crippen molar-refractivity contribution in [3.8, 4) is 0 Å². The number of H-pyrrole nitrogens is 1. The lowest BCUT2D eigenvalue weighted by atomic mass is 10.1. The van der Waals surface area contributed by atoms with Crippen LogP contribution in [0.25, 0.3) is 10.9 Å². The predicted molar refractivity (Wildman–Crippen MR) is 62.0 cm³/mol. The average Bonchev–Trinajstić information content (AvgIpc) is 2.24. The van der Waals surface area contributed by atoms with E-state index in [0.717, 1.165) is 12.1 Å². The van der Waals surface area contributed by atoms with E-state index in [1.54, 1.807) is 6.92 Å². The zero-order valence-electron chi connectivity index (χ0n) is 8.65. The number of halogens is 4. The van der Waals surface area contributed by atoms with Crippen LogP contribution in [-0.4, -0.2) is 4.98 Å². The molecule has 0 aliphatic rings. The maximum absolute atomic E-state index is 12.5. The molecule has 0 bridgehead atoms. The average molecular weight is 306 g/mol. The molecule has 6 heteroatoms. The summed E-state index contributed by atoms with van der Waals surface area (Å²) in [5, 5.41) is 0.551. The van der Waals surface area contributed by atoms with Crippen LogP contribution >= 0.6 is 15.9 Å². The van der Waals surface area contributed by atoms with E-state index in [4.69, 9.17) is 0 Å². The van der Waals surface area contributed by atoms with E-state index in [9.17, 15) is 18.0 Å². The molecular weight excluding hydrogens is 299 g/mol. The maximum Gasteiger partial charge on any atom is 0.416 e. The van der Waals surface area contributed by atoms with Gasteiger partial charge in [-0.2, -0.15) is 13.2 Å². The highest BCUT2D eigenvalue weighted by molar-refractivity contribution is 9.10. The highest BCUT2D eigenvalue weighted by Gasteiger charge is 2.30. The van der Waals surface area contributed by atoms with Crippen LogP contribution in [-0.2, 0) is 6.18 Å². The predicted octanol–water partition coefficient (Wildman–Crippen LogP) is 3.62. The molecule has 2 nitrogen and oxygen atoms in total. The number of aromatic amines is 1. The summed E-state index contributed by atoms with van der Waals surface area (Å²) in [5.74, 6) is 0. The summed E-state index contributed by atoms with van der Waals surface area (Å²) in [6, 6.07) is 3.26. The lowest BCUT2D eigenvalue weighted by molar-refractivity contribution is -0.137. The minimum absolute atomic E-state index is 0.169. The van der Waals surface area contributed by atoms with Crippen molar-refractivity contribution in [1.82, 2.24) is 4.98 Å². The monoisotopic (exact) mass is 305 g/mol. The third kappa shape index (κ3) is 2.09. The Morgan fingerprint density at radius 2 is 1.94 bits per heavy atom. The van der Waals surface area contributed by atoms with Gasteiger partial charge >= 0.3 is 6.18 Å². The van der Waals surface area contributed by atoms with Gasteiger partial charge in [-0.1, -0.05) is 6.07 Å². The van der Waals surface area contributed by atoms with E-state index in [-0.39, 0.29) is 5.52 Å². The number of pyridine rings is 1. The van der Waals surface area contributed by atoms with Crippen molar-refractivity contribution in [3.05, 3.63) is 44.2 Å². The highest BCUT2D eigenvalue weighted by Crippen LogP contribution is 2.32. The Kier molecular flexibility index (Phi) is 2.77. The third-order valence-electron chi connectivity index (χ3n) is 2.50. The second-order valence-corrected chi connectivity index (χ2v) is 4.44. The topological polar surface area (TPSA) is 32.9 Å². The molecule has 1 heterocycles. The molecule has 0 saturated heterocycles. The summed E-state index contributed by atoms with van der Waals surface area (Å²) in [6.07, 6.45) is -4.41. The molecule has 0 fully saturated rings. The molecule has 17 heavy (non-hydrogen) atoms. The first-order valence-electron chi connectivity index (χ1n) is 4.70. The van der Waals surface area contributed by atoms with Crippen molar-refractivity contribution in [1.29, 1.82) is 0 Å². The number of alkyl halides is 3. The molecule has 0 aliphatic carbocycles. The van der Waals surface area contributed by atoms with Crippen LogP contribution in [0.4, 0.5) is 13.2 Å². The van der Waals surface area contributed by atoms with E-state index in [2.05, 4.69) is 20.9 Å². The lowest BCUT2D eigenvalue weighted by Gasteiger charge is -2.09. The minimum atomic E-state index is -4.41. The molecule has 0 spiro atoms. The summed E-state index contributed by atoms with van der Waals surface area (Å²) < 4.78 is 38.0. The largest absolute Gasteiger partial charge is 0.416 e. The van der Waals surface area contributed by atoms with Gasteiger partial charge in [0.1, 0.15) is 0 Å². The Bertz CT molecular complexity index is 645. The van der Waals surface area contributed by atoms with Gasteiger partial charge in [-0.3, -0.25) is 4.79 Å². The Labute approximate surface area is 103 Å². The molecule has 2 rings (SSSR count). The maximum atomic E-state index is 12.5. The van der Waals surface area contributed by atoms with E-state index in [1.165, 1.54) is 6.07 Å². The molecule has 0 aliphatic heterocycles. The molecule has 0 unspecified atom stereocenters. The number of hydrogen-bond acceptors (Lipinski definition) is 1. The fourth-order valence-electron chi connectivity index (χ4n) is 1.53. The smallest absolute Gasteiger partial charge is 0.322 e. The van der Waals surface area contributed by atoms with Gasteiger partial charge in [0.15, 0.2) is 0 Å². The normalized spacial score (nSPS) is 12.1. The SMILES string of the molecule is Cc1c(Br)c2ccc(C(F)(F)F)cc2[nH]c1=O. The minimum Gasteiger partial charge on any atom is -0.322 e. The van der Waals surface area contributed by atoms with Crippen molar-refractivity contribution in [2.24, 2.45) is 0 Å². The standard InChI is InChI=1S/C11H7BrF3NO/c1-5-9(12)7-3-2-6(11(13,14)15)4-8(7)16-10(5)17/h2-4H,1H3,(H,16,17). The quantitative estimate of drug-likeness (QED) is 0.792. The second-order valence-electron chi connectivity index (χ2n) is 3.65. The van der Waals surface area contributed by atoms with Crippen molar-refractivity contribution >= 4 is 26.8 Å². The molecule has 1 aromatic heterocycles. The summed E-state index contributed by atoms with van der Waals surface area (Å²) in [5.41, 5.74) is -0.570. The number of hydrogen-bond donors (Lipinski definition) is 1. The van der Waals surface area contributed by atoms with Crippen LogP contribution in [0.1, 0.15) is 11.1 Å². The van der Waals surface area contributed by atoms with Gasteiger partial charge in [0.2, 0.25) is 0 Å². The lowest BCUT2D eigenvalue weighted by Crippen LogP contribution is -2.11. The van der Waals surface area contributed by atoms with Crippen molar-refractivity contribution in [2.75, 3.05) is 0 Å². The molecule has 90 valence electrons. The molecule has 0 amide bonds. The van der Waals surface area contributed by atoms with E-state index < -0.39 is 17.3 Å². The van der Waals surface area contributed by atoms with Crippen LogP contribution in [0.3, 0.4) is 0 Å². The Hall–Kier alpha value is -1.30. The van der Waals surface area contributed by atoms with Gasteiger partial charge in [0.05, 0.1) is 11.1 Å². The fourth-order valence-corrected chi connectivity index (χ4v) is 2.06. The van der Waals surface area contributed by atoms with Crippen molar-refractivity contribution in [2.45, 2.75) is 13.1 Å². The molecular formula is C11H7BrF3NO. The van der Waals surface area contributed by atoms with Gasteiger partial charge < -0.3 is 4.98 Å². The first-order chi connectivity index (χ1) is 7.80. The number of benzene rings is 1. The van der Waals surface area contributed by atoms with E-state index in [0.29, 0.717) is 15.4 Å². The van der Waals surface area contributed by atoms with Crippen LogP contribution in [0, 0.1) is 6.92 Å². The Balaban J connectivity index is 2.81. The molecule has 0 radical (unpaired) electrons. The van der Waals surface area contributed by atoms with Gasteiger partial charge in [0.25, 0.3) is 5.56 Å². The number of fused-ring (bicyclic) bond motifs is 1. The highest BCUT2D eigenvalue weighted by atomic mass is 79.9. The van der Waals surface area contributed by atoms with Crippen molar-refractivity contribution in [3.63, 3.8) is 0 Å². The summed E-state index contributed by atoms with van der Waals surface area (Å²) in [6.45, 7) is 1.60. The number of rotatable bonds is 0. The van der Waals surface area contributed by atoms with Gasteiger partial charge in [-0.15, -0.1) is 0 Å². The summed E-state index contributed by atoms with van der Waals surface area (Å²) >= 11 is 3.21. The summed E-state index contributed by atoms with van der Waals surface area (Å²) in [4.78, 5) is 13.9. The van der Waals surface area contributed by atoms with Gasteiger partial charge in [0, 0.05) is 15.4 Å². The van der Waals surface area contributed by atoms with Gasteiger partial charge in [-0.25, -0.2) is 0 Å². The van der Waals surface area contributed by atoms with Crippen LogP contribution < -0.4 is 5.56 Å². The van der Waals surface area contributed by atoms with Crippen LogP contribution in [0.5, 0.6) is 0 Å². The Morgan fingerprint density at radius 1 is 1.29 bits per heavy atom. The number of nitrogens with one attached hydrogen (secondary N) is 1. The van der Waals surface area contributed by atoms with Crippen LogP contribution in [0.2, 0.25) is 0 Å². The van der Waals surface area contributed by atoms with Crippen molar-refractivity contribution < 1.29 is 13.2 Å². The molecule has 1 N–H and O–H groups in total. The zero-order chi connectivity index (χ0) is 12.8. The molecule has 0 atom stereocenters. The fraction of sp³-hybridized carbons (Fsp3) is 0.182. The first-order valence-corrected chi connectivity index (χ1v) is 5.49. The zero-order valence-corrected chi connectivity index (χ0v) is 10.2. The third-order valence-corrected chi connectivity index (χ3v) is 3.52. The number of aromatic nitrogens is 1. The van der Waals surface area contributed by atoms with E-state index >= 15 is 0 Å². The molecule has 0 saturated carbocycles. The second kappa shape index (κ2) is 3.87. The first kappa shape index (κ1) is 12.2. The summed E-state index contributed by atoms with van der Waals surface area (Å²) in [7, 11) is 0. The van der Waals surface area contributed by atoms with Crippen LogP contribution in [0.15, 0.2) is 27.5 Å².